The molecule has 8 heteroatoms. The molecule has 0 amide bonds. The Labute approximate surface area is 186 Å². The van der Waals surface area contributed by atoms with Crippen molar-refractivity contribution < 1.29 is 39.8 Å². The number of carbonyl (C=O) groups excluding carboxylic acids is 1. The quantitative estimate of drug-likeness (QED) is 0.515. The number of aromatic hydroxyl groups is 1. The number of aryl methyl sites for hydroxylation is 1. The van der Waals surface area contributed by atoms with Crippen molar-refractivity contribution in [3.05, 3.63) is 29.3 Å². The molecular weight excluding hydrogens is 416 g/mol. The fraction of sp³-hybridized carbons (Fsp3) is 0.708. The Balaban J connectivity index is 1.34. The smallest absolute Gasteiger partial charge is 0.187 e. The van der Waals surface area contributed by atoms with E-state index in [2.05, 4.69) is 13.0 Å². The Morgan fingerprint density at radius 3 is 2.66 bits per heavy atom. The van der Waals surface area contributed by atoms with Crippen LogP contribution in [0.2, 0.25) is 0 Å². The minimum absolute atomic E-state index is 0.156. The Morgan fingerprint density at radius 2 is 1.91 bits per heavy atom. The molecule has 176 valence electrons. The lowest BCUT2D eigenvalue weighted by Gasteiger charge is -2.51. The van der Waals surface area contributed by atoms with E-state index >= 15 is 0 Å². The van der Waals surface area contributed by atoms with Crippen LogP contribution in [0.25, 0.3) is 0 Å². The maximum absolute atomic E-state index is 11.3. The zero-order valence-corrected chi connectivity index (χ0v) is 18.1. The molecule has 4 N–H and O–H groups in total. The van der Waals surface area contributed by atoms with E-state index in [0.29, 0.717) is 23.5 Å². The number of aliphatic hydroxyl groups excluding tert-OH is 3. The van der Waals surface area contributed by atoms with Gasteiger partial charge in [-0.25, -0.2) is 0 Å². The van der Waals surface area contributed by atoms with Crippen LogP contribution in [0.15, 0.2) is 18.2 Å². The summed E-state index contributed by atoms with van der Waals surface area (Å²) in [7, 11) is 0. The summed E-state index contributed by atoms with van der Waals surface area (Å²) < 4.78 is 11.5. The van der Waals surface area contributed by atoms with Crippen LogP contribution in [0, 0.1) is 17.3 Å². The zero-order chi connectivity index (χ0) is 22.8. The van der Waals surface area contributed by atoms with Gasteiger partial charge in [0, 0.05) is 0 Å². The van der Waals surface area contributed by atoms with Crippen LogP contribution in [0.3, 0.4) is 0 Å². The molecule has 0 spiro atoms. The first kappa shape index (κ1) is 22.1. The molecule has 1 aliphatic heterocycles. The minimum Gasteiger partial charge on any atom is -0.547 e. The van der Waals surface area contributed by atoms with Crippen molar-refractivity contribution in [2.45, 2.75) is 88.2 Å². The predicted molar refractivity (Wildman–Crippen MR) is 109 cm³/mol. The Morgan fingerprint density at radius 1 is 1.12 bits per heavy atom. The first-order chi connectivity index (χ1) is 15.2. The number of benzene rings is 1. The summed E-state index contributed by atoms with van der Waals surface area (Å²) in [6.45, 7) is 2.20. The van der Waals surface area contributed by atoms with E-state index in [1.165, 1.54) is 11.1 Å². The summed E-state index contributed by atoms with van der Waals surface area (Å²) in [5.74, 6) is 0.0267. The number of phenols is 1. The number of aliphatic carboxylic acids is 1. The standard InChI is InChI=1S/C24H32O8/c1-24-9-8-14-13-5-3-12(25)10-11(13)2-4-15(14)16(24)6-7-17(24)31-23-20(28)18(26)19(27)21(32-23)22(29)30/h3,5,10,14-21,23,25-28H,2,4,6-9H2,1H3,(H,29,30)/p-1/t14-,15-,16+,17-,18+,19+,20-,21+,23-,24+/m1/s1. The first-order valence-corrected chi connectivity index (χ1v) is 11.6. The van der Waals surface area contributed by atoms with Gasteiger partial charge in [0.1, 0.15) is 30.2 Å². The Hall–Kier alpha value is -1.71. The first-order valence-electron chi connectivity index (χ1n) is 11.6. The van der Waals surface area contributed by atoms with Gasteiger partial charge in [-0.15, -0.1) is 0 Å². The molecule has 1 aromatic rings. The van der Waals surface area contributed by atoms with E-state index in [0.717, 1.165) is 38.5 Å². The molecule has 3 aliphatic carbocycles. The highest BCUT2D eigenvalue weighted by Gasteiger charge is 2.57. The number of ether oxygens (including phenoxy) is 2. The highest BCUT2D eigenvalue weighted by Crippen LogP contribution is 2.61. The molecule has 5 rings (SSSR count). The molecule has 1 heterocycles. The van der Waals surface area contributed by atoms with Gasteiger partial charge >= 0.3 is 0 Å². The maximum Gasteiger partial charge on any atom is 0.187 e. The van der Waals surface area contributed by atoms with Gasteiger partial charge in [-0.2, -0.15) is 0 Å². The van der Waals surface area contributed by atoms with Crippen molar-refractivity contribution in [2.75, 3.05) is 0 Å². The topological polar surface area (TPSA) is 140 Å². The van der Waals surface area contributed by atoms with Crippen molar-refractivity contribution in [3.63, 3.8) is 0 Å². The third-order valence-electron chi connectivity index (χ3n) is 8.72. The lowest BCUT2D eigenvalue weighted by molar-refractivity contribution is -0.355. The van der Waals surface area contributed by atoms with Crippen LogP contribution in [0.5, 0.6) is 5.75 Å². The summed E-state index contributed by atoms with van der Waals surface area (Å²) in [6.07, 6.45) is -2.75. The maximum atomic E-state index is 11.3. The lowest BCUT2D eigenvalue weighted by atomic mass is 9.55. The normalized spacial score (nSPS) is 45.6. The molecule has 1 aromatic carbocycles. The average Bonchev–Trinajstić information content (AvgIpc) is 3.09. The molecule has 0 aromatic heterocycles. The van der Waals surface area contributed by atoms with Gasteiger partial charge in [0.15, 0.2) is 6.29 Å². The average molecular weight is 448 g/mol. The molecule has 3 fully saturated rings. The zero-order valence-electron chi connectivity index (χ0n) is 18.1. The second kappa shape index (κ2) is 7.95. The number of carbonyl (C=O) groups is 1. The van der Waals surface area contributed by atoms with Crippen LogP contribution in [0.1, 0.15) is 56.1 Å². The van der Waals surface area contributed by atoms with E-state index < -0.39 is 36.7 Å². The Kier molecular flexibility index (Phi) is 5.49. The number of carboxylic acid groups (broad SMARTS) is 1. The summed E-state index contributed by atoms with van der Waals surface area (Å²) in [6, 6.07) is 5.71. The highest BCUT2D eigenvalue weighted by molar-refractivity contribution is 5.71. The largest absolute Gasteiger partial charge is 0.547 e. The Bertz CT molecular complexity index is 889. The van der Waals surface area contributed by atoms with E-state index in [-0.39, 0.29) is 11.5 Å². The van der Waals surface area contributed by atoms with Crippen LogP contribution < -0.4 is 5.11 Å². The fourth-order valence-corrected chi connectivity index (χ4v) is 7.06. The molecule has 0 radical (unpaired) electrons. The lowest BCUT2D eigenvalue weighted by Crippen LogP contribution is -2.63. The highest BCUT2D eigenvalue weighted by atomic mass is 16.7. The molecule has 8 nitrogen and oxygen atoms in total. The van der Waals surface area contributed by atoms with E-state index in [4.69, 9.17) is 9.47 Å². The molecular formula is C24H31O8-. The van der Waals surface area contributed by atoms with E-state index in [9.17, 15) is 30.3 Å². The summed E-state index contributed by atoms with van der Waals surface area (Å²) in [5, 5.41) is 51.5. The second-order valence-corrected chi connectivity index (χ2v) is 10.3. The molecule has 2 saturated carbocycles. The number of rotatable bonds is 3. The number of hydrogen-bond acceptors (Lipinski definition) is 8. The summed E-state index contributed by atoms with van der Waals surface area (Å²) >= 11 is 0. The molecule has 0 unspecified atom stereocenters. The van der Waals surface area contributed by atoms with Crippen molar-refractivity contribution in [1.29, 1.82) is 0 Å². The van der Waals surface area contributed by atoms with Crippen molar-refractivity contribution >= 4 is 5.97 Å². The minimum atomic E-state index is -1.78. The fourth-order valence-electron chi connectivity index (χ4n) is 7.06. The van der Waals surface area contributed by atoms with Crippen LogP contribution in [0.4, 0.5) is 0 Å². The predicted octanol–water partition coefficient (Wildman–Crippen LogP) is 0.191. The van der Waals surface area contributed by atoms with Gasteiger partial charge in [-0.05, 0) is 85.0 Å². The molecule has 32 heavy (non-hydrogen) atoms. The van der Waals surface area contributed by atoms with Gasteiger partial charge in [-0.3, -0.25) is 0 Å². The number of aliphatic hydroxyl groups is 3. The van der Waals surface area contributed by atoms with Crippen LogP contribution >= 0.6 is 0 Å². The van der Waals surface area contributed by atoms with Crippen molar-refractivity contribution in [2.24, 2.45) is 17.3 Å². The van der Waals surface area contributed by atoms with Gasteiger partial charge in [0.25, 0.3) is 0 Å². The van der Waals surface area contributed by atoms with Gasteiger partial charge < -0.3 is 39.8 Å². The second-order valence-electron chi connectivity index (χ2n) is 10.3. The van der Waals surface area contributed by atoms with Crippen molar-refractivity contribution in [3.8, 4) is 5.75 Å². The van der Waals surface area contributed by atoms with E-state index in [1.54, 1.807) is 6.07 Å². The summed E-state index contributed by atoms with van der Waals surface area (Å²) in [4.78, 5) is 11.3. The van der Waals surface area contributed by atoms with Gasteiger partial charge in [0.05, 0.1) is 12.1 Å². The van der Waals surface area contributed by atoms with Crippen LogP contribution in [-0.2, 0) is 20.7 Å². The third-order valence-corrected chi connectivity index (χ3v) is 8.72. The molecule has 10 atom stereocenters. The number of fused-ring (bicyclic) bond motifs is 5. The van der Waals surface area contributed by atoms with Gasteiger partial charge in [0.2, 0.25) is 0 Å². The molecule has 4 aliphatic rings. The number of hydrogen-bond donors (Lipinski definition) is 4. The molecule has 0 bridgehead atoms. The monoisotopic (exact) mass is 447 g/mol. The van der Waals surface area contributed by atoms with E-state index in [1.807, 2.05) is 6.07 Å². The summed E-state index contributed by atoms with van der Waals surface area (Å²) in [5.41, 5.74) is 2.42. The van der Waals surface area contributed by atoms with Crippen molar-refractivity contribution in [1.82, 2.24) is 0 Å². The number of phenolic OH excluding ortho intramolecular Hbond substituents is 1. The SMILES string of the molecule is C[C@]12CC[C@@H]3c4ccc(O)cc4CC[C@H]3[C@@H]1CC[C@H]2O[C@@H]1O[C@H](C(=O)[O-])[C@@H](O)[C@H](O)[C@H]1O. The number of carboxylic acids is 1. The third kappa shape index (κ3) is 3.35. The van der Waals surface area contributed by atoms with Crippen LogP contribution in [-0.4, -0.2) is 63.2 Å². The molecule has 1 saturated heterocycles. The van der Waals surface area contributed by atoms with Gasteiger partial charge in [-0.1, -0.05) is 13.0 Å².